The Kier molecular flexibility index (Phi) is 19.6. The molecule has 316 valence electrons. The van der Waals surface area contributed by atoms with E-state index in [4.69, 9.17) is 47.4 Å². The van der Waals surface area contributed by atoms with Crippen LogP contribution in [0.15, 0.2) is 84.9 Å². The summed E-state index contributed by atoms with van der Waals surface area (Å²) in [6.45, 7) is 5.07. The summed E-state index contributed by atoms with van der Waals surface area (Å²) in [6, 6.07) is 23.4. The van der Waals surface area contributed by atoms with Crippen LogP contribution in [-0.2, 0) is 28.4 Å². The molecule has 4 aromatic rings. The van der Waals surface area contributed by atoms with Crippen molar-refractivity contribution >= 4 is 11.9 Å². The Bertz CT molecular complexity index is 1910. The Morgan fingerprint density at radius 3 is 0.983 bits per heavy atom. The van der Waals surface area contributed by atoms with Gasteiger partial charge in [0, 0.05) is 11.1 Å². The number of hydrogen-bond acceptors (Lipinski definition) is 12. The number of benzene rings is 4. The summed E-state index contributed by atoms with van der Waals surface area (Å²) in [5.74, 6) is 12.3. The third kappa shape index (κ3) is 15.9. The van der Waals surface area contributed by atoms with Gasteiger partial charge >= 0.3 is 11.9 Å². The number of carboxylic acid groups (broad SMARTS) is 2. The lowest BCUT2D eigenvalue weighted by Gasteiger charge is -2.17. The molecule has 0 amide bonds. The van der Waals surface area contributed by atoms with Gasteiger partial charge < -0.3 is 57.6 Å². The average Bonchev–Trinajstić information content (AvgIpc) is 3.26. The number of fused-ring (bicyclic) bond motifs is 2. The summed E-state index contributed by atoms with van der Waals surface area (Å²) in [7, 11) is 0. The molecule has 0 bridgehead atoms. The molecule has 14 heteroatoms. The fourth-order valence-corrected chi connectivity index (χ4v) is 5.32. The quantitative estimate of drug-likeness (QED) is 0.253. The molecule has 1 aliphatic heterocycles. The van der Waals surface area contributed by atoms with E-state index < -0.39 is 11.9 Å². The standard InChI is InChI=1S/C46H48O14/c47-45(48)39-13-7-35(8-14-39)5-11-37-17-18-38(12-6-36-9-15-40(16-10-36)46(49)50)44-43(37)59-33-29-55-25-21-51-19-23-53-27-31-57-41-3-1-2-4-42(41)58-32-28-54-24-20-52-22-26-56-30-34-60-44/h1-4,7-10,13-18H,19-34H2,(H,47,48)(H,49,50). The maximum atomic E-state index is 11.4. The Labute approximate surface area is 349 Å². The van der Waals surface area contributed by atoms with Crippen LogP contribution in [0.4, 0.5) is 0 Å². The largest absolute Gasteiger partial charge is 0.487 e. The molecule has 4 aromatic carbocycles. The maximum Gasteiger partial charge on any atom is 0.335 e. The Hall–Kier alpha value is -6.10. The second-order valence-corrected chi connectivity index (χ2v) is 12.6. The summed E-state index contributed by atoms with van der Waals surface area (Å²) in [4.78, 5) is 22.7. The minimum absolute atomic E-state index is 0.140. The fraction of sp³-hybridized carbons (Fsp3) is 0.348. The number of ether oxygens (including phenoxy) is 10. The van der Waals surface area contributed by atoms with Crippen molar-refractivity contribution < 1.29 is 67.2 Å². The first-order valence-electron chi connectivity index (χ1n) is 19.4. The van der Waals surface area contributed by atoms with Gasteiger partial charge in [-0.2, -0.15) is 0 Å². The van der Waals surface area contributed by atoms with Crippen molar-refractivity contribution in [3.05, 3.63) is 118 Å². The molecule has 1 heterocycles. The van der Waals surface area contributed by atoms with Gasteiger partial charge in [0.25, 0.3) is 0 Å². The third-order valence-electron chi connectivity index (χ3n) is 8.31. The van der Waals surface area contributed by atoms with Crippen molar-refractivity contribution in [1.82, 2.24) is 0 Å². The molecule has 5 rings (SSSR count). The van der Waals surface area contributed by atoms with Crippen molar-refractivity contribution in [3.63, 3.8) is 0 Å². The smallest absolute Gasteiger partial charge is 0.335 e. The number of para-hydroxylation sites is 2. The number of carboxylic acids is 2. The van der Waals surface area contributed by atoms with Crippen molar-refractivity contribution in [2.45, 2.75) is 0 Å². The Balaban J connectivity index is 1.28. The van der Waals surface area contributed by atoms with E-state index in [9.17, 15) is 19.8 Å². The van der Waals surface area contributed by atoms with Gasteiger partial charge in [0.1, 0.15) is 26.4 Å². The van der Waals surface area contributed by atoms with Gasteiger partial charge in [-0.25, -0.2) is 9.59 Å². The van der Waals surface area contributed by atoms with Gasteiger partial charge in [0.2, 0.25) is 0 Å². The zero-order chi connectivity index (χ0) is 42.0. The van der Waals surface area contributed by atoms with E-state index in [0.29, 0.717) is 125 Å². The summed E-state index contributed by atoms with van der Waals surface area (Å²) in [6.07, 6.45) is 0. The first-order chi connectivity index (χ1) is 29.5. The van der Waals surface area contributed by atoms with Crippen molar-refractivity contribution in [2.75, 3.05) is 106 Å². The number of hydrogen-bond donors (Lipinski definition) is 2. The van der Waals surface area contributed by atoms with E-state index >= 15 is 0 Å². The normalized spacial score (nSPS) is 15.7. The predicted molar refractivity (Wildman–Crippen MR) is 219 cm³/mol. The van der Waals surface area contributed by atoms with Gasteiger partial charge in [-0.15, -0.1) is 0 Å². The molecule has 1 aliphatic rings. The second-order valence-electron chi connectivity index (χ2n) is 12.6. The summed E-state index contributed by atoms with van der Waals surface area (Å²) in [5.41, 5.74) is 2.49. The van der Waals surface area contributed by atoms with Crippen LogP contribution in [0, 0.1) is 23.7 Å². The third-order valence-corrected chi connectivity index (χ3v) is 8.31. The minimum Gasteiger partial charge on any atom is -0.487 e. The van der Waals surface area contributed by atoms with Crippen molar-refractivity contribution in [2.24, 2.45) is 0 Å². The monoisotopic (exact) mass is 824 g/mol. The SMILES string of the molecule is O=C(O)c1ccc(C#Cc2ccc(C#Cc3ccc(C(=O)O)cc3)c3c2OCCOCCOCCOCCOc2ccccc2OCCOCCOCCOCCO3)cc1. The molecule has 60 heavy (non-hydrogen) atoms. The molecule has 0 unspecified atom stereocenters. The van der Waals surface area contributed by atoms with Crippen LogP contribution in [-0.4, -0.2) is 128 Å². The molecule has 0 atom stereocenters. The van der Waals surface area contributed by atoms with Gasteiger partial charge in [0.15, 0.2) is 23.0 Å². The second kappa shape index (κ2) is 26.1. The topological polar surface area (TPSA) is 167 Å². The lowest BCUT2D eigenvalue weighted by molar-refractivity contribution is 0.00246. The number of aromatic carboxylic acids is 2. The van der Waals surface area contributed by atoms with Crippen LogP contribution >= 0.6 is 0 Å². The Morgan fingerprint density at radius 1 is 0.367 bits per heavy atom. The Morgan fingerprint density at radius 2 is 0.667 bits per heavy atom. The first kappa shape index (κ1) is 45.0. The molecule has 0 radical (unpaired) electrons. The molecule has 14 nitrogen and oxygen atoms in total. The highest BCUT2D eigenvalue weighted by Crippen LogP contribution is 2.35. The lowest BCUT2D eigenvalue weighted by atomic mass is 10.1. The van der Waals surface area contributed by atoms with Crippen LogP contribution in [0.1, 0.15) is 43.0 Å². The van der Waals surface area contributed by atoms with Crippen LogP contribution in [0.3, 0.4) is 0 Å². The summed E-state index contributed by atoms with van der Waals surface area (Å²) in [5, 5.41) is 18.6. The maximum absolute atomic E-state index is 11.4. The summed E-state index contributed by atoms with van der Waals surface area (Å²) >= 11 is 0. The fourth-order valence-electron chi connectivity index (χ4n) is 5.32. The van der Waals surface area contributed by atoms with Gasteiger partial charge in [-0.3, -0.25) is 0 Å². The van der Waals surface area contributed by atoms with Crippen molar-refractivity contribution in [3.8, 4) is 46.7 Å². The average molecular weight is 825 g/mol. The van der Waals surface area contributed by atoms with E-state index in [2.05, 4.69) is 23.7 Å². The van der Waals surface area contributed by atoms with Gasteiger partial charge in [-0.05, 0) is 72.8 Å². The van der Waals surface area contributed by atoms with E-state index in [-0.39, 0.29) is 37.6 Å². The molecule has 0 aliphatic carbocycles. The van der Waals surface area contributed by atoms with Gasteiger partial charge in [-0.1, -0.05) is 35.8 Å². The molecule has 0 fully saturated rings. The van der Waals surface area contributed by atoms with Crippen molar-refractivity contribution in [1.29, 1.82) is 0 Å². The zero-order valence-corrected chi connectivity index (χ0v) is 33.2. The minimum atomic E-state index is -1.03. The molecular weight excluding hydrogens is 776 g/mol. The van der Waals surface area contributed by atoms with E-state index in [1.165, 1.54) is 24.3 Å². The summed E-state index contributed by atoms with van der Waals surface area (Å²) < 4.78 is 58.5. The van der Waals surface area contributed by atoms with E-state index in [0.717, 1.165) is 0 Å². The van der Waals surface area contributed by atoms with Crippen LogP contribution in [0.5, 0.6) is 23.0 Å². The molecular formula is C46H48O14. The highest BCUT2D eigenvalue weighted by Gasteiger charge is 2.16. The number of rotatable bonds is 2. The molecule has 0 aromatic heterocycles. The van der Waals surface area contributed by atoms with Gasteiger partial charge in [0.05, 0.1) is 102 Å². The first-order valence-corrected chi connectivity index (χ1v) is 19.4. The number of carbonyl (C=O) groups is 2. The van der Waals surface area contributed by atoms with E-state index in [1.54, 1.807) is 36.4 Å². The highest BCUT2D eigenvalue weighted by molar-refractivity contribution is 5.88. The predicted octanol–water partition coefficient (Wildman–Crippen LogP) is 5.21. The molecule has 0 spiro atoms. The zero-order valence-electron chi connectivity index (χ0n) is 33.2. The van der Waals surface area contributed by atoms with Crippen LogP contribution in [0.2, 0.25) is 0 Å². The molecule has 0 saturated carbocycles. The molecule has 2 N–H and O–H groups in total. The van der Waals surface area contributed by atoms with Crippen LogP contribution < -0.4 is 18.9 Å². The molecule has 0 saturated heterocycles. The van der Waals surface area contributed by atoms with E-state index in [1.807, 2.05) is 24.3 Å². The highest BCUT2D eigenvalue weighted by atomic mass is 16.6. The lowest BCUT2D eigenvalue weighted by Crippen LogP contribution is -2.16. The van der Waals surface area contributed by atoms with Crippen LogP contribution in [0.25, 0.3) is 0 Å².